The summed E-state index contributed by atoms with van der Waals surface area (Å²) in [5, 5.41) is 4.01. The van der Waals surface area contributed by atoms with Gasteiger partial charge in [0.15, 0.2) is 0 Å². The first-order valence-electron chi connectivity index (χ1n) is 4.42. The molecule has 2 N–H and O–H groups in total. The molecule has 2 aromatic heterocycles. The Hall–Kier alpha value is -2.17. The van der Waals surface area contributed by atoms with E-state index in [1.807, 2.05) is 0 Å². The number of nitrogens with two attached hydrogens (primary N) is 1. The van der Waals surface area contributed by atoms with Crippen molar-refractivity contribution in [3.05, 3.63) is 42.0 Å². The van der Waals surface area contributed by atoms with E-state index in [1.54, 1.807) is 36.1 Å². The number of aromatic nitrogens is 3. The second-order valence-electron chi connectivity index (χ2n) is 3.18. The molecule has 0 aliphatic carbocycles. The second kappa shape index (κ2) is 3.53. The molecule has 76 valence electrons. The normalized spacial score (nSPS) is 10.2. The summed E-state index contributed by atoms with van der Waals surface area (Å²) < 4.78 is 1.57. The molecule has 0 aliphatic heterocycles. The Labute approximate surface area is 86.5 Å². The van der Waals surface area contributed by atoms with Crippen LogP contribution in [0.15, 0.2) is 30.6 Å². The van der Waals surface area contributed by atoms with Crippen molar-refractivity contribution >= 4 is 11.5 Å². The molecule has 0 saturated heterocycles. The summed E-state index contributed by atoms with van der Waals surface area (Å²) in [5.41, 5.74) is 6.74. The van der Waals surface area contributed by atoms with Gasteiger partial charge in [0.1, 0.15) is 11.4 Å². The number of carbonyl (C=O) groups excluding carboxylic acids is 1. The SMILES string of the molecule is Cn1ccc(C(=O)c2ccc(N)cn2)n1. The van der Waals surface area contributed by atoms with Crippen LogP contribution in [0.4, 0.5) is 5.69 Å². The number of ketones is 1. The van der Waals surface area contributed by atoms with E-state index in [1.165, 1.54) is 6.20 Å². The maximum absolute atomic E-state index is 11.8. The predicted molar refractivity (Wildman–Crippen MR) is 55.3 cm³/mol. The molecule has 15 heavy (non-hydrogen) atoms. The topological polar surface area (TPSA) is 73.8 Å². The highest BCUT2D eigenvalue weighted by Crippen LogP contribution is 2.06. The monoisotopic (exact) mass is 202 g/mol. The molecule has 0 amide bonds. The Morgan fingerprint density at radius 2 is 2.13 bits per heavy atom. The van der Waals surface area contributed by atoms with Crippen LogP contribution in [0.5, 0.6) is 0 Å². The summed E-state index contributed by atoms with van der Waals surface area (Å²) in [6.45, 7) is 0. The van der Waals surface area contributed by atoms with Crippen LogP contribution in [0.3, 0.4) is 0 Å². The maximum Gasteiger partial charge on any atom is 0.231 e. The Morgan fingerprint density at radius 3 is 2.67 bits per heavy atom. The highest BCUT2D eigenvalue weighted by atomic mass is 16.1. The smallest absolute Gasteiger partial charge is 0.231 e. The van der Waals surface area contributed by atoms with E-state index in [0.29, 0.717) is 17.1 Å². The van der Waals surface area contributed by atoms with Crippen LogP contribution < -0.4 is 5.73 Å². The van der Waals surface area contributed by atoms with Gasteiger partial charge in [-0.1, -0.05) is 0 Å². The van der Waals surface area contributed by atoms with Gasteiger partial charge in [0.2, 0.25) is 5.78 Å². The van der Waals surface area contributed by atoms with Gasteiger partial charge in [-0.3, -0.25) is 14.5 Å². The molecular weight excluding hydrogens is 192 g/mol. The number of nitrogens with zero attached hydrogens (tertiary/aromatic N) is 3. The summed E-state index contributed by atoms with van der Waals surface area (Å²) in [4.78, 5) is 15.7. The van der Waals surface area contributed by atoms with Crippen LogP contribution in [-0.4, -0.2) is 20.5 Å². The van der Waals surface area contributed by atoms with Gasteiger partial charge in [0, 0.05) is 13.2 Å². The summed E-state index contributed by atoms with van der Waals surface area (Å²) >= 11 is 0. The minimum atomic E-state index is -0.199. The van der Waals surface area contributed by atoms with Crippen LogP contribution >= 0.6 is 0 Å². The van der Waals surface area contributed by atoms with Gasteiger partial charge < -0.3 is 5.73 Å². The largest absolute Gasteiger partial charge is 0.397 e. The summed E-state index contributed by atoms with van der Waals surface area (Å²) in [6, 6.07) is 4.88. The average Bonchev–Trinajstić information content (AvgIpc) is 2.65. The third kappa shape index (κ3) is 1.85. The fourth-order valence-electron chi connectivity index (χ4n) is 1.21. The highest BCUT2D eigenvalue weighted by molar-refractivity contribution is 6.06. The van der Waals surface area contributed by atoms with Gasteiger partial charge in [0.05, 0.1) is 11.9 Å². The van der Waals surface area contributed by atoms with Crippen LogP contribution in [0.2, 0.25) is 0 Å². The van der Waals surface area contributed by atoms with E-state index in [-0.39, 0.29) is 5.78 Å². The zero-order valence-electron chi connectivity index (χ0n) is 8.21. The van der Waals surface area contributed by atoms with Crippen molar-refractivity contribution in [2.24, 2.45) is 7.05 Å². The van der Waals surface area contributed by atoms with Crippen molar-refractivity contribution in [3.63, 3.8) is 0 Å². The van der Waals surface area contributed by atoms with Gasteiger partial charge in [-0.15, -0.1) is 0 Å². The van der Waals surface area contributed by atoms with E-state index < -0.39 is 0 Å². The maximum atomic E-state index is 11.8. The molecule has 0 radical (unpaired) electrons. The van der Waals surface area contributed by atoms with Crippen molar-refractivity contribution in [2.45, 2.75) is 0 Å². The van der Waals surface area contributed by atoms with E-state index in [9.17, 15) is 4.79 Å². The van der Waals surface area contributed by atoms with Gasteiger partial charge >= 0.3 is 0 Å². The first-order valence-corrected chi connectivity index (χ1v) is 4.42. The molecular formula is C10H10N4O. The molecule has 0 atom stereocenters. The molecule has 5 heteroatoms. The number of hydrogen-bond donors (Lipinski definition) is 1. The fraction of sp³-hybridized carbons (Fsp3) is 0.100. The Kier molecular flexibility index (Phi) is 2.21. The number of carbonyl (C=O) groups is 1. The van der Waals surface area contributed by atoms with Crippen molar-refractivity contribution < 1.29 is 4.79 Å². The Morgan fingerprint density at radius 1 is 1.33 bits per heavy atom. The fourth-order valence-corrected chi connectivity index (χ4v) is 1.21. The summed E-state index contributed by atoms with van der Waals surface area (Å²) in [7, 11) is 1.76. The number of anilines is 1. The first-order chi connectivity index (χ1) is 7.16. The predicted octanol–water partition coefficient (Wildman–Crippen LogP) is 0.628. The van der Waals surface area contributed by atoms with E-state index in [4.69, 9.17) is 5.73 Å². The number of nitrogen functional groups attached to an aromatic ring is 1. The lowest BCUT2D eigenvalue weighted by atomic mass is 10.2. The summed E-state index contributed by atoms with van der Waals surface area (Å²) in [5.74, 6) is -0.199. The minimum Gasteiger partial charge on any atom is -0.397 e. The second-order valence-corrected chi connectivity index (χ2v) is 3.18. The molecule has 0 unspecified atom stereocenters. The van der Waals surface area contributed by atoms with Crippen molar-refractivity contribution in [1.82, 2.24) is 14.8 Å². The van der Waals surface area contributed by atoms with Gasteiger partial charge in [-0.05, 0) is 18.2 Å². The molecule has 0 aromatic carbocycles. The molecule has 5 nitrogen and oxygen atoms in total. The van der Waals surface area contributed by atoms with E-state index in [0.717, 1.165) is 0 Å². The molecule has 2 rings (SSSR count). The van der Waals surface area contributed by atoms with Gasteiger partial charge in [0.25, 0.3) is 0 Å². The number of hydrogen-bond acceptors (Lipinski definition) is 4. The first kappa shape index (κ1) is 9.39. The molecule has 0 saturated carbocycles. The Bertz CT molecular complexity index is 486. The minimum absolute atomic E-state index is 0.199. The zero-order valence-corrected chi connectivity index (χ0v) is 8.21. The van der Waals surface area contributed by atoms with Crippen LogP contribution in [-0.2, 0) is 7.05 Å². The lowest BCUT2D eigenvalue weighted by Gasteiger charge is -1.96. The number of rotatable bonds is 2. The van der Waals surface area contributed by atoms with Crippen LogP contribution in [0.25, 0.3) is 0 Å². The standard InChI is InChI=1S/C10H10N4O/c1-14-5-4-9(13-14)10(15)8-3-2-7(11)6-12-8/h2-6H,11H2,1H3. The van der Waals surface area contributed by atoms with E-state index >= 15 is 0 Å². The van der Waals surface area contributed by atoms with Crippen LogP contribution in [0.1, 0.15) is 16.2 Å². The third-order valence-corrected chi connectivity index (χ3v) is 1.97. The van der Waals surface area contributed by atoms with Crippen molar-refractivity contribution in [1.29, 1.82) is 0 Å². The lowest BCUT2D eigenvalue weighted by molar-refractivity contribution is 0.102. The molecule has 2 heterocycles. The summed E-state index contributed by atoms with van der Waals surface area (Å²) in [6.07, 6.45) is 3.17. The van der Waals surface area contributed by atoms with Crippen LogP contribution in [0, 0.1) is 0 Å². The van der Waals surface area contributed by atoms with Crippen molar-refractivity contribution in [2.75, 3.05) is 5.73 Å². The molecule has 0 bridgehead atoms. The molecule has 0 fully saturated rings. The highest BCUT2D eigenvalue weighted by Gasteiger charge is 2.12. The average molecular weight is 202 g/mol. The molecule has 2 aromatic rings. The van der Waals surface area contributed by atoms with E-state index in [2.05, 4.69) is 10.1 Å². The van der Waals surface area contributed by atoms with Crippen molar-refractivity contribution in [3.8, 4) is 0 Å². The lowest BCUT2D eigenvalue weighted by Crippen LogP contribution is -2.05. The zero-order chi connectivity index (χ0) is 10.8. The number of aryl methyl sites for hydroxylation is 1. The van der Waals surface area contributed by atoms with Gasteiger partial charge in [-0.2, -0.15) is 5.10 Å². The third-order valence-electron chi connectivity index (χ3n) is 1.97. The quantitative estimate of drug-likeness (QED) is 0.725. The Balaban J connectivity index is 2.32. The number of pyridine rings is 1. The molecule has 0 spiro atoms. The molecule has 0 aliphatic rings. The van der Waals surface area contributed by atoms with Gasteiger partial charge in [-0.25, -0.2) is 0 Å².